The van der Waals surface area contributed by atoms with Crippen LogP contribution in [-0.4, -0.2) is 80.8 Å². The van der Waals surface area contributed by atoms with Gasteiger partial charge >= 0.3 is 6.03 Å². The van der Waals surface area contributed by atoms with E-state index in [-0.39, 0.29) is 24.0 Å². The van der Waals surface area contributed by atoms with Gasteiger partial charge in [-0.3, -0.25) is 0 Å². The Hall–Kier alpha value is -2.56. The van der Waals surface area contributed by atoms with E-state index in [1.165, 1.54) is 10.9 Å². The Morgan fingerprint density at radius 1 is 1.32 bits per heavy atom. The number of hydrogen-bond acceptors (Lipinski definition) is 6. The second kappa shape index (κ2) is 7.46. The third-order valence-electron chi connectivity index (χ3n) is 5.32. The zero-order chi connectivity index (χ0) is 19.8. The number of rotatable bonds is 5. The predicted octanol–water partition coefficient (Wildman–Crippen LogP) is 1.72. The highest BCUT2D eigenvalue weighted by Crippen LogP contribution is 2.27. The van der Waals surface area contributed by atoms with Crippen LogP contribution in [0.4, 0.5) is 19.4 Å². The van der Waals surface area contributed by atoms with Gasteiger partial charge in [-0.1, -0.05) is 0 Å². The summed E-state index contributed by atoms with van der Waals surface area (Å²) in [7, 11) is 1.64. The summed E-state index contributed by atoms with van der Waals surface area (Å²) >= 11 is 0. The fourth-order valence-corrected chi connectivity index (χ4v) is 3.73. The molecule has 2 aromatic heterocycles. The Balaban J connectivity index is 1.46. The second-order valence-corrected chi connectivity index (χ2v) is 7.03. The van der Waals surface area contributed by atoms with Gasteiger partial charge in [0, 0.05) is 32.8 Å². The molecule has 0 aliphatic carbocycles. The molecule has 9 nitrogen and oxygen atoms in total. The van der Waals surface area contributed by atoms with Crippen LogP contribution in [0.15, 0.2) is 6.33 Å². The van der Waals surface area contributed by atoms with Gasteiger partial charge < -0.3 is 24.4 Å². The summed E-state index contributed by atoms with van der Waals surface area (Å²) in [6.07, 6.45) is -0.479. The number of anilines is 1. The molecule has 4 heterocycles. The maximum atomic E-state index is 13.3. The number of carbonyl (C=O) groups is 1. The Morgan fingerprint density at radius 3 is 2.79 bits per heavy atom. The molecular weight excluding hydrogens is 372 g/mol. The van der Waals surface area contributed by atoms with Crippen molar-refractivity contribution < 1.29 is 18.3 Å². The fourth-order valence-electron chi connectivity index (χ4n) is 3.73. The summed E-state index contributed by atoms with van der Waals surface area (Å²) in [5.74, 6) is 0.108. The highest BCUT2D eigenvalue weighted by atomic mass is 19.3. The molecule has 1 atom stereocenters. The monoisotopic (exact) mass is 395 g/mol. The molecule has 2 fully saturated rings. The number of nitrogens with zero attached hydrogens (tertiary/aromatic N) is 6. The minimum Gasteiger partial charge on any atom is -0.378 e. The van der Waals surface area contributed by atoms with E-state index in [2.05, 4.69) is 20.3 Å². The second-order valence-electron chi connectivity index (χ2n) is 7.03. The molecule has 0 radical (unpaired) electrons. The quantitative estimate of drug-likeness (QED) is 0.829. The van der Waals surface area contributed by atoms with Crippen LogP contribution >= 0.6 is 0 Å². The molecule has 2 aliphatic heterocycles. The van der Waals surface area contributed by atoms with Crippen molar-refractivity contribution in [3.8, 4) is 0 Å². The minimum absolute atomic E-state index is 0.000631. The number of nitrogens with one attached hydrogen (secondary N) is 1. The Morgan fingerprint density at radius 2 is 2.11 bits per heavy atom. The summed E-state index contributed by atoms with van der Waals surface area (Å²) in [5, 5.41) is 3.26. The highest BCUT2D eigenvalue weighted by Gasteiger charge is 2.36. The average molecular weight is 395 g/mol. The van der Waals surface area contributed by atoms with E-state index < -0.39 is 6.43 Å². The highest BCUT2D eigenvalue weighted by molar-refractivity contribution is 5.83. The van der Waals surface area contributed by atoms with Crippen molar-refractivity contribution in [3.05, 3.63) is 12.2 Å². The number of aryl methyl sites for hydroxylation is 1. The van der Waals surface area contributed by atoms with Crippen molar-refractivity contribution >= 4 is 23.0 Å². The Labute approximate surface area is 160 Å². The van der Waals surface area contributed by atoms with Gasteiger partial charge in [0.05, 0.1) is 19.2 Å². The molecule has 2 aromatic rings. The fraction of sp³-hybridized carbons (Fsp3) is 0.647. The van der Waals surface area contributed by atoms with Crippen molar-refractivity contribution in [2.45, 2.75) is 38.5 Å². The van der Waals surface area contributed by atoms with Crippen molar-refractivity contribution in [1.29, 1.82) is 0 Å². The molecule has 2 aliphatic rings. The number of ether oxygens (including phenoxy) is 1. The normalized spacial score (nSPS) is 20.2. The van der Waals surface area contributed by atoms with Gasteiger partial charge in [0.25, 0.3) is 6.43 Å². The molecule has 1 unspecified atom stereocenters. The summed E-state index contributed by atoms with van der Waals surface area (Å²) in [5.41, 5.74) is 0.711. The molecule has 0 saturated carbocycles. The third-order valence-corrected chi connectivity index (χ3v) is 5.32. The number of carbonyl (C=O) groups excluding carboxylic acids is 1. The van der Waals surface area contributed by atoms with Crippen molar-refractivity contribution in [3.63, 3.8) is 0 Å². The van der Waals surface area contributed by atoms with E-state index in [4.69, 9.17) is 4.74 Å². The molecule has 0 aromatic carbocycles. The number of imidazole rings is 1. The predicted molar refractivity (Wildman–Crippen MR) is 97.3 cm³/mol. The summed E-state index contributed by atoms with van der Waals surface area (Å²) < 4.78 is 33.2. The lowest BCUT2D eigenvalue weighted by atomic mass is 10.2. The molecule has 2 amide bonds. The maximum absolute atomic E-state index is 13.3. The Kier molecular flexibility index (Phi) is 5.00. The number of amides is 2. The van der Waals surface area contributed by atoms with Gasteiger partial charge in [0.15, 0.2) is 22.8 Å². The summed E-state index contributed by atoms with van der Waals surface area (Å²) in [4.78, 5) is 28.4. The van der Waals surface area contributed by atoms with Crippen LogP contribution in [0.5, 0.6) is 0 Å². The molecule has 11 heteroatoms. The zero-order valence-electron chi connectivity index (χ0n) is 15.8. The van der Waals surface area contributed by atoms with Crippen molar-refractivity contribution in [2.75, 3.05) is 38.6 Å². The average Bonchev–Trinajstić information content (AvgIpc) is 3.25. The molecular formula is C17H23F2N7O2. The molecule has 4 rings (SSSR count). The van der Waals surface area contributed by atoms with Crippen LogP contribution in [0.1, 0.15) is 25.6 Å². The van der Waals surface area contributed by atoms with Gasteiger partial charge in [0.1, 0.15) is 6.33 Å². The van der Waals surface area contributed by atoms with E-state index in [9.17, 15) is 13.6 Å². The smallest absolute Gasteiger partial charge is 0.320 e. The molecule has 2 saturated heterocycles. The van der Waals surface area contributed by atoms with Gasteiger partial charge in [-0.2, -0.15) is 0 Å². The number of hydrogen-bond donors (Lipinski definition) is 1. The van der Waals surface area contributed by atoms with Gasteiger partial charge in [0.2, 0.25) is 0 Å². The SMILES string of the molecule is CCn1c(C(F)F)nc2c(NC3CCN(C(=O)N4CC(OC)C4)C3)ncnc21. The topological polar surface area (TPSA) is 88.4 Å². The first-order chi connectivity index (χ1) is 13.5. The minimum atomic E-state index is -2.69. The number of halogens is 2. The van der Waals surface area contributed by atoms with Crippen LogP contribution in [0.2, 0.25) is 0 Å². The van der Waals surface area contributed by atoms with Crippen LogP contribution in [0.25, 0.3) is 11.2 Å². The standard InChI is InChI=1S/C17H23F2N7O2/c1-3-26-15-12(23-16(26)13(18)19)14(20-9-21-15)22-10-4-5-24(6-10)17(27)25-7-11(8-25)28-2/h9-11,13H,3-8H2,1-2H3,(H,20,21,22). The lowest BCUT2D eigenvalue weighted by molar-refractivity contribution is -0.0143. The molecule has 1 N–H and O–H groups in total. The van der Waals surface area contributed by atoms with Gasteiger partial charge in [-0.05, 0) is 13.3 Å². The van der Waals surface area contributed by atoms with Crippen molar-refractivity contribution in [1.82, 2.24) is 29.3 Å². The van der Waals surface area contributed by atoms with Crippen LogP contribution in [0.3, 0.4) is 0 Å². The first-order valence-electron chi connectivity index (χ1n) is 9.34. The number of alkyl halides is 2. The van der Waals surface area contributed by atoms with Crippen LogP contribution in [0, 0.1) is 0 Å². The summed E-state index contributed by atoms with van der Waals surface area (Å²) in [6.45, 7) is 4.49. The third kappa shape index (κ3) is 3.23. The lowest BCUT2D eigenvalue weighted by Gasteiger charge is -2.40. The maximum Gasteiger partial charge on any atom is 0.320 e. The first-order valence-corrected chi connectivity index (χ1v) is 9.34. The largest absolute Gasteiger partial charge is 0.378 e. The van der Waals surface area contributed by atoms with E-state index in [1.807, 2.05) is 0 Å². The van der Waals surface area contributed by atoms with Crippen LogP contribution < -0.4 is 5.32 Å². The van der Waals surface area contributed by atoms with E-state index in [0.29, 0.717) is 49.7 Å². The van der Waals surface area contributed by atoms with E-state index in [0.717, 1.165) is 6.42 Å². The molecule has 28 heavy (non-hydrogen) atoms. The van der Waals surface area contributed by atoms with E-state index in [1.54, 1.807) is 23.8 Å². The van der Waals surface area contributed by atoms with E-state index >= 15 is 0 Å². The Bertz CT molecular complexity index is 869. The zero-order valence-corrected chi connectivity index (χ0v) is 15.8. The van der Waals surface area contributed by atoms with Gasteiger partial charge in [-0.15, -0.1) is 0 Å². The van der Waals surface area contributed by atoms with Crippen molar-refractivity contribution in [2.24, 2.45) is 0 Å². The van der Waals surface area contributed by atoms with Crippen LogP contribution in [-0.2, 0) is 11.3 Å². The lowest BCUT2D eigenvalue weighted by Crippen LogP contribution is -2.58. The molecule has 152 valence electrons. The number of methoxy groups -OCH3 is 1. The first kappa shape index (κ1) is 18.8. The summed E-state index contributed by atoms with van der Waals surface area (Å²) in [6, 6.07) is -0.0241. The number of urea groups is 1. The molecule has 0 bridgehead atoms. The number of likely N-dealkylation sites (tertiary alicyclic amines) is 2. The molecule has 0 spiro atoms. The number of aromatic nitrogens is 4. The number of fused-ring (bicyclic) bond motifs is 1. The van der Waals surface area contributed by atoms with Gasteiger partial charge in [-0.25, -0.2) is 28.5 Å².